The second-order valence-corrected chi connectivity index (χ2v) is 4.12. The maximum atomic E-state index is 11.6. The van der Waals surface area contributed by atoms with Crippen LogP contribution in [0, 0.1) is 5.41 Å². The van der Waals surface area contributed by atoms with E-state index in [1.165, 1.54) is 0 Å². The summed E-state index contributed by atoms with van der Waals surface area (Å²) in [6, 6.07) is 0.280. The van der Waals surface area contributed by atoms with E-state index in [4.69, 9.17) is 10.5 Å². The average Bonchev–Trinajstić information content (AvgIpc) is 2.11. The maximum absolute atomic E-state index is 11.6. The minimum Gasteiger partial charge on any atom is -0.466 e. The van der Waals surface area contributed by atoms with Crippen molar-refractivity contribution in [3.8, 4) is 0 Å². The minimum atomic E-state index is -0.272. The van der Waals surface area contributed by atoms with Gasteiger partial charge in [0.1, 0.15) is 0 Å². The highest BCUT2D eigenvalue weighted by Crippen LogP contribution is 2.36. The Bertz CT molecular complexity index is 183. The highest BCUT2D eigenvalue weighted by molar-refractivity contribution is 5.76. The van der Waals surface area contributed by atoms with Crippen molar-refractivity contribution < 1.29 is 9.53 Å². The van der Waals surface area contributed by atoms with Crippen molar-refractivity contribution in [1.29, 1.82) is 0 Å². The molecule has 1 saturated carbocycles. The van der Waals surface area contributed by atoms with Crippen LogP contribution < -0.4 is 5.73 Å². The van der Waals surface area contributed by atoms with Crippen LogP contribution in [0.3, 0.4) is 0 Å². The Morgan fingerprint density at radius 1 is 1.54 bits per heavy atom. The van der Waals surface area contributed by atoms with Crippen molar-refractivity contribution in [2.75, 3.05) is 6.61 Å². The number of ether oxygens (including phenoxy) is 1. The van der Waals surface area contributed by atoms with Crippen LogP contribution in [0.1, 0.15) is 39.5 Å². The molecule has 0 radical (unpaired) electrons. The van der Waals surface area contributed by atoms with Gasteiger partial charge in [0.15, 0.2) is 0 Å². The molecule has 13 heavy (non-hydrogen) atoms. The summed E-state index contributed by atoms with van der Waals surface area (Å²) in [5, 5.41) is 0. The summed E-state index contributed by atoms with van der Waals surface area (Å²) in [5.74, 6) is -0.0538. The quantitative estimate of drug-likeness (QED) is 0.662. The smallest absolute Gasteiger partial charge is 0.311 e. The van der Waals surface area contributed by atoms with Crippen LogP contribution in [0.5, 0.6) is 0 Å². The van der Waals surface area contributed by atoms with Crippen LogP contribution in [-0.2, 0) is 9.53 Å². The second kappa shape index (κ2) is 4.09. The van der Waals surface area contributed by atoms with E-state index < -0.39 is 0 Å². The fraction of sp³-hybridized carbons (Fsp3) is 0.900. The van der Waals surface area contributed by atoms with E-state index in [2.05, 4.69) is 0 Å². The van der Waals surface area contributed by atoms with Gasteiger partial charge in [0.05, 0.1) is 12.0 Å². The first-order chi connectivity index (χ1) is 6.08. The number of esters is 1. The standard InChI is InChI=1S/C10H19NO2/c1-3-13-9(12)10(2)6-4-8(11)5-7-10/h8H,3-7,11H2,1-2H3. The van der Waals surface area contributed by atoms with Crippen molar-refractivity contribution >= 4 is 5.97 Å². The molecule has 1 rings (SSSR count). The van der Waals surface area contributed by atoms with Gasteiger partial charge in [-0.3, -0.25) is 4.79 Å². The summed E-state index contributed by atoms with van der Waals surface area (Å²) in [6.45, 7) is 4.30. The fourth-order valence-electron chi connectivity index (χ4n) is 1.79. The molecule has 0 aromatic rings. The maximum Gasteiger partial charge on any atom is 0.311 e. The highest BCUT2D eigenvalue weighted by Gasteiger charge is 2.37. The van der Waals surface area contributed by atoms with Gasteiger partial charge in [0.2, 0.25) is 0 Å². The normalized spacial score (nSPS) is 34.2. The molecule has 1 aliphatic carbocycles. The van der Waals surface area contributed by atoms with E-state index in [1.807, 2.05) is 13.8 Å². The molecule has 0 unspecified atom stereocenters. The summed E-state index contributed by atoms with van der Waals surface area (Å²) in [6.07, 6.45) is 3.62. The van der Waals surface area contributed by atoms with Gasteiger partial charge in [-0.1, -0.05) is 0 Å². The molecule has 1 fully saturated rings. The number of hydrogen-bond donors (Lipinski definition) is 1. The topological polar surface area (TPSA) is 52.3 Å². The van der Waals surface area contributed by atoms with Crippen LogP contribution in [0.15, 0.2) is 0 Å². The number of hydrogen-bond acceptors (Lipinski definition) is 3. The molecule has 0 amide bonds. The zero-order valence-corrected chi connectivity index (χ0v) is 8.51. The van der Waals surface area contributed by atoms with Crippen LogP contribution >= 0.6 is 0 Å². The third-order valence-corrected chi connectivity index (χ3v) is 2.90. The van der Waals surface area contributed by atoms with E-state index in [9.17, 15) is 4.79 Å². The van der Waals surface area contributed by atoms with Crippen molar-refractivity contribution in [2.45, 2.75) is 45.6 Å². The molecule has 0 aliphatic heterocycles. The molecule has 0 aromatic carbocycles. The number of carbonyl (C=O) groups excluding carboxylic acids is 1. The molecule has 2 N–H and O–H groups in total. The number of rotatable bonds is 2. The molecule has 76 valence electrons. The van der Waals surface area contributed by atoms with E-state index in [1.54, 1.807) is 0 Å². The van der Waals surface area contributed by atoms with Crippen LogP contribution in [0.4, 0.5) is 0 Å². The Morgan fingerprint density at radius 2 is 2.08 bits per heavy atom. The fourth-order valence-corrected chi connectivity index (χ4v) is 1.79. The summed E-state index contributed by atoms with van der Waals surface area (Å²) < 4.78 is 5.04. The Kier molecular flexibility index (Phi) is 3.31. The SMILES string of the molecule is CCOC(=O)C1(C)CCC(N)CC1. The number of carbonyl (C=O) groups is 1. The van der Waals surface area contributed by atoms with E-state index >= 15 is 0 Å². The first kappa shape index (κ1) is 10.5. The molecule has 3 heteroatoms. The van der Waals surface area contributed by atoms with Gasteiger partial charge < -0.3 is 10.5 Å². The first-order valence-corrected chi connectivity index (χ1v) is 5.01. The molecule has 3 nitrogen and oxygen atoms in total. The van der Waals surface area contributed by atoms with Gasteiger partial charge in [-0.25, -0.2) is 0 Å². The van der Waals surface area contributed by atoms with Crippen LogP contribution in [-0.4, -0.2) is 18.6 Å². The molecule has 0 spiro atoms. The third-order valence-electron chi connectivity index (χ3n) is 2.90. The Labute approximate surface area is 79.6 Å². The predicted octanol–water partition coefficient (Wildman–Crippen LogP) is 1.46. The zero-order valence-electron chi connectivity index (χ0n) is 8.51. The van der Waals surface area contributed by atoms with Crippen molar-refractivity contribution in [2.24, 2.45) is 11.1 Å². The van der Waals surface area contributed by atoms with Gasteiger partial charge in [-0.15, -0.1) is 0 Å². The average molecular weight is 185 g/mol. The largest absolute Gasteiger partial charge is 0.466 e. The zero-order chi connectivity index (χ0) is 9.90. The monoisotopic (exact) mass is 185 g/mol. The Balaban J connectivity index is 2.51. The lowest BCUT2D eigenvalue weighted by molar-refractivity contribution is -0.156. The molecule has 0 aromatic heterocycles. The van der Waals surface area contributed by atoms with E-state index in [-0.39, 0.29) is 17.4 Å². The summed E-state index contributed by atoms with van der Waals surface area (Å²) in [4.78, 5) is 11.6. The number of nitrogens with two attached hydrogens (primary N) is 1. The highest BCUT2D eigenvalue weighted by atomic mass is 16.5. The Hall–Kier alpha value is -0.570. The summed E-state index contributed by atoms with van der Waals surface area (Å²) >= 11 is 0. The van der Waals surface area contributed by atoms with Crippen molar-refractivity contribution in [3.05, 3.63) is 0 Å². The van der Waals surface area contributed by atoms with Crippen LogP contribution in [0.2, 0.25) is 0 Å². The molecular formula is C10H19NO2. The van der Waals surface area contributed by atoms with Gasteiger partial charge in [-0.05, 0) is 39.5 Å². The molecule has 0 heterocycles. The predicted molar refractivity (Wildman–Crippen MR) is 51.2 cm³/mol. The molecular weight excluding hydrogens is 166 g/mol. The lowest BCUT2D eigenvalue weighted by Gasteiger charge is -2.33. The lowest BCUT2D eigenvalue weighted by Crippen LogP contribution is -2.38. The third kappa shape index (κ3) is 2.44. The Morgan fingerprint density at radius 3 is 2.54 bits per heavy atom. The molecule has 0 saturated heterocycles. The van der Waals surface area contributed by atoms with E-state index in [0.29, 0.717) is 6.61 Å². The first-order valence-electron chi connectivity index (χ1n) is 5.01. The van der Waals surface area contributed by atoms with Crippen LogP contribution in [0.25, 0.3) is 0 Å². The lowest BCUT2D eigenvalue weighted by atomic mass is 9.74. The summed E-state index contributed by atoms with van der Waals surface area (Å²) in [7, 11) is 0. The second-order valence-electron chi connectivity index (χ2n) is 4.12. The van der Waals surface area contributed by atoms with Gasteiger partial charge in [0.25, 0.3) is 0 Å². The molecule has 1 aliphatic rings. The van der Waals surface area contributed by atoms with Gasteiger partial charge >= 0.3 is 5.97 Å². The molecule has 0 atom stereocenters. The van der Waals surface area contributed by atoms with Crippen molar-refractivity contribution in [3.63, 3.8) is 0 Å². The van der Waals surface area contributed by atoms with E-state index in [0.717, 1.165) is 25.7 Å². The minimum absolute atomic E-state index is 0.0538. The van der Waals surface area contributed by atoms with Gasteiger partial charge in [-0.2, -0.15) is 0 Å². The van der Waals surface area contributed by atoms with Crippen molar-refractivity contribution in [1.82, 2.24) is 0 Å². The summed E-state index contributed by atoms with van der Waals surface area (Å²) in [5.41, 5.74) is 5.51. The van der Waals surface area contributed by atoms with Gasteiger partial charge in [0, 0.05) is 6.04 Å². The molecule has 0 bridgehead atoms.